The molecular weight excluding hydrogens is 402 g/mol. The summed E-state index contributed by atoms with van der Waals surface area (Å²) in [6.07, 6.45) is 6.59. The van der Waals surface area contributed by atoms with Crippen LogP contribution in [0, 0.1) is 0 Å². The third kappa shape index (κ3) is 4.56. The minimum absolute atomic E-state index is 0.0704. The van der Waals surface area contributed by atoms with Gasteiger partial charge in [0.05, 0.1) is 5.56 Å². The molecule has 0 radical (unpaired) electrons. The van der Waals surface area contributed by atoms with Gasteiger partial charge in [0.15, 0.2) is 0 Å². The van der Waals surface area contributed by atoms with E-state index in [2.05, 4.69) is 27.4 Å². The van der Waals surface area contributed by atoms with E-state index in [1.54, 1.807) is 27.9 Å². The molecule has 7 nitrogen and oxygen atoms in total. The number of benzene rings is 1. The van der Waals surface area contributed by atoms with Crippen LogP contribution in [-0.4, -0.2) is 50.9 Å². The standard InChI is InChI=1S/C25H27N5O2/c1-29-15-7-11-22(29)24(31)27-14-12-19(16-18-8-4-3-5-9-18)30(2)25(32)21-17-28-23-20(21)10-6-13-26-23/h3-11,13,15,17,19H,12,14,16H2,1-2H3,(H,26,28)(H,27,31)/t19-/m1/s1. The lowest BCUT2D eigenvalue weighted by molar-refractivity contribution is 0.0725. The topological polar surface area (TPSA) is 83.0 Å². The first-order valence-corrected chi connectivity index (χ1v) is 10.7. The van der Waals surface area contributed by atoms with Crippen molar-refractivity contribution in [2.75, 3.05) is 13.6 Å². The largest absolute Gasteiger partial charge is 0.351 e. The highest BCUT2D eigenvalue weighted by atomic mass is 16.2. The average molecular weight is 430 g/mol. The number of carbonyl (C=O) groups excluding carboxylic acids is 2. The number of likely N-dealkylation sites (N-methyl/N-ethyl adjacent to an activating group) is 1. The van der Waals surface area contributed by atoms with Gasteiger partial charge < -0.3 is 19.8 Å². The van der Waals surface area contributed by atoms with E-state index in [4.69, 9.17) is 0 Å². The first-order valence-electron chi connectivity index (χ1n) is 10.7. The molecule has 3 heterocycles. The summed E-state index contributed by atoms with van der Waals surface area (Å²) in [7, 11) is 3.67. The molecule has 1 aromatic carbocycles. The number of aromatic amines is 1. The van der Waals surface area contributed by atoms with Gasteiger partial charge in [0.1, 0.15) is 11.3 Å². The number of fused-ring (bicyclic) bond motifs is 1. The first-order chi connectivity index (χ1) is 15.5. The van der Waals surface area contributed by atoms with Crippen LogP contribution in [0.15, 0.2) is 73.2 Å². The maximum Gasteiger partial charge on any atom is 0.267 e. The monoisotopic (exact) mass is 429 g/mol. The third-order valence-electron chi connectivity index (χ3n) is 5.80. The highest BCUT2D eigenvalue weighted by molar-refractivity contribution is 6.05. The molecule has 0 saturated carbocycles. The molecule has 3 aromatic heterocycles. The Kier molecular flexibility index (Phi) is 6.35. The number of pyridine rings is 1. The Labute approximate surface area is 187 Å². The number of aryl methyl sites for hydroxylation is 1. The van der Waals surface area contributed by atoms with Crippen molar-refractivity contribution in [2.45, 2.75) is 18.9 Å². The molecular formula is C25H27N5O2. The summed E-state index contributed by atoms with van der Waals surface area (Å²) in [5.74, 6) is -0.188. The predicted molar refractivity (Wildman–Crippen MR) is 124 cm³/mol. The van der Waals surface area contributed by atoms with E-state index in [-0.39, 0.29) is 17.9 Å². The van der Waals surface area contributed by atoms with Gasteiger partial charge >= 0.3 is 0 Å². The molecule has 4 aromatic rings. The summed E-state index contributed by atoms with van der Waals surface area (Å²) in [6, 6.07) is 17.4. The van der Waals surface area contributed by atoms with Gasteiger partial charge in [0, 0.05) is 50.7 Å². The van der Waals surface area contributed by atoms with Crippen LogP contribution in [0.25, 0.3) is 11.0 Å². The molecule has 0 saturated heterocycles. The number of hydrogen-bond acceptors (Lipinski definition) is 3. The van der Waals surface area contributed by atoms with Crippen molar-refractivity contribution in [3.05, 3.63) is 90.0 Å². The van der Waals surface area contributed by atoms with Crippen LogP contribution in [0.4, 0.5) is 0 Å². The Morgan fingerprint density at radius 2 is 1.94 bits per heavy atom. The summed E-state index contributed by atoms with van der Waals surface area (Å²) in [5.41, 5.74) is 3.05. The number of amides is 2. The van der Waals surface area contributed by atoms with Gasteiger partial charge in [-0.25, -0.2) is 4.98 Å². The maximum absolute atomic E-state index is 13.4. The Morgan fingerprint density at radius 1 is 1.12 bits per heavy atom. The van der Waals surface area contributed by atoms with E-state index in [1.165, 1.54) is 0 Å². The SMILES string of the molecule is CN(C(=O)c1c[nH]c2ncccc12)[C@H](CCNC(=O)c1cccn1C)Cc1ccccc1. The van der Waals surface area contributed by atoms with Crippen LogP contribution in [-0.2, 0) is 13.5 Å². The van der Waals surface area contributed by atoms with E-state index in [0.29, 0.717) is 36.3 Å². The lowest BCUT2D eigenvalue weighted by Crippen LogP contribution is -2.41. The molecule has 1 atom stereocenters. The van der Waals surface area contributed by atoms with Gasteiger partial charge in [-0.2, -0.15) is 0 Å². The number of nitrogens with zero attached hydrogens (tertiary/aromatic N) is 3. The summed E-state index contributed by atoms with van der Waals surface area (Å²) < 4.78 is 1.79. The number of carbonyl (C=O) groups is 2. The lowest BCUT2D eigenvalue weighted by Gasteiger charge is -2.28. The zero-order valence-electron chi connectivity index (χ0n) is 18.3. The average Bonchev–Trinajstić information content (AvgIpc) is 3.44. The van der Waals surface area contributed by atoms with Crippen molar-refractivity contribution in [1.82, 2.24) is 24.8 Å². The van der Waals surface area contributed by atoms with Crippen molar-refractivity contribution in [3.63, 3.8) is 0 Å². The van der Waals surface area contributed by atoms with Crippen LogP contribution in [0.3, 0.4) is 0 Å². The van der Waals surface area contributed by atoms with Crippen molar-refractivity contribution >= 4 is 22.8 Å². The summed E-state index contributed by atoms with van der Waals surface area (Å²) in [5, 5.41) is 3.79. The zero-order valence-corrected chi connectivity index (χ0v) is 18.3. The Hall–Kier alpha value is -3.87. The number of aromatic nitrogens is 3. The molecule has 164 valence electrons. The minimum Gasteiger partial charge on any atom is -0.351 e. The Morgan fingerprint density at radius 3 is 2.69 bits per heavy atom. The first kappa shape index (κ1) is 21.4. The lowest BCUT2D eigenvalue weighted by atomic mass is 10.0. The molecule has 2 amide bonds. The summed E-state index contributed by atoms with van der Waals surface area (Å²) in [6.45, 7) is 0.467. The second-order valence-electron chi connectivity index (χ2n) is 7.91. The number of rotatable bonds is 8. The van der Waals surface area contributed by atoms with Crippen LogP contribution < -0.4 is 5.32 Å². The second-order valence-corrected chi connectivity index (χ2v) is 7.91. The van der Waals surface area contributed by atoms with Crippen molar-refractivity contribution in [3.8, 4) is 0 Å². The van der Waals surface area contributed by atoms with Gasteiger partial charge in [-0.05, 0) is 42.7 Å². The normalized spacial score (nSPS) is 11.9. The van der Waals surface area contributed by atoms with Crippen molar-refractivity contribution in [1.29, 1.82) is 0 Å². The Balaban J connectivity index is 1.49. The number of hydrogen-bond donors (Lipinski definition) is 2. The van der Waals surface area contributed by atoms with Gasteiger partial charge in [0.25, 0.3) is 11.8 Å². The summed E-state index contributed by atoms with van der Waals surface area (Å²) in [4.78, 5) is 35.0. The quantitative estimate of drug-likeness (QED) is 0.450. The van der Waals surface area contributed by atoms with Gasteiger partial charge in [-0.15, -0.1) is 0 Å². The Bertz CT molecular complexity index is 1210. The van der Waals surface area contributed by atoms with Crippen LogP contribution in [0.2, 0.25) is 0 Å². The maximum atomic E-state index is 13.4. The highest BCUT2D eigenvalue weighted by Gasteiger charge is 2.24. The van der Waals surface area contributed by atoms with E-state index < -0.39 is 0 Å². The van der Waals surface area contributed by atoms with Gasteiger partial charge in [-0.3, -0.25) is 9.59 Å². The van der Waals surface area contributed by atoms with Crippen LogP contribution in [0.1, 0.15) is 32.8 Å². The molecule has 0 fully saturated rings. The molecule has 2 N–H and O–H groups in total. The molecule has 32 heavy (non-hydrogen) atoms. The fourth-order valence-corrected chi connectivity index (χ4v) is 3.95. The van der Waals surface area contributed by atoms with Crippen molar-refractivity contribution in [2.24, 2.45) is 7.05 Å². The summed E-state index contributed by atoms with van der Waals surface area (Å²) >= 11 is 0. The van der Waals surface area contributed by atoms with Gasteiger partial charge in [-0.1, -0.05) is 30.3 Å². The molecule has 0 spiro atoms. The van der Waals surface area contributed by atoms with Crippen LogP contribution in [0.5, 0.6) is 0 Å². The fraction of sp³-hybridized carbons (Fsp3) is 0.240. The second kappa shape index (κ2) is 9.51. The van der Waals surface area contributed by atoms with Gasteiger partial charge in [0.2, 0.25) is 0 Å². The molecule has 4 rings (SSSR count). The van der Waals surface area contributed by atoms with Crippen LogP contribution >= 0.6 is 0 Å². The van der Waals surface area contributed by atoms with E-state index in [9.17, 15) is 9.59 Å². The molecule has 7 heteroatoms. The molecule has 0 unspecified atom stereocenters. The van der Waals surface area contributed by atoms with E-state index in [0.717, 1.165) is 10.9 Å². The fourth-order valence-electron chi connectivity index (χ4n) is 3.95. The predicted octanol–water partition coefficient (Wildman–Crippen LogP) is 3.40. The minimum atomic E-state index is -0.118. The molecule has 0 aliphatic rings. The molecule has 0 bridgehead atoms. The molecule has 0 aliphatic carbocycles. The highest BCUT2D eigenvalue weighted by Crippen LogP contribution is 2.20. The smallest absolute Gasteiger partial charge is 0.267 e. The number of nitrogens with one attached hydrogen (secondary N) is 2. The van der Waals surface area contributed by atoms with Crippen molar-refractivity contribution < 1.29 is 9.59 Å². The zero-order chi connectivity index (χ0) is 22.5. The number of H-pyrrole nitrogens is 1. The van der Waals surface area contributed by atoms with E-state index in [1.807, 2.05) is 56.7 Å². The third-order valence-corrected chi connectivity index (χ3v) is 5.80. The van der Waals surface area contributed by atoms with E-state index >= 15 is 0 Å². The molecule has 0 aliphatic heterocycles.